The average molecular weight is 255 g/mol. The van der Waals surface area contributed by atoms with Gasteiger partial charge in [0.05, 0.1) is 12.3 Å². The van der Waals surface area contributed by atoms with Crippen LogP contribution in [-0.2, 0) is 4.74 Å². The molecule has 94 valence electrons. The zero-order valence-corrected chi connectivity index (χ0v) is 11.0. The van der Waals surface area contributed by atoms with Crippen LogP contribution in [0.3, 0.4) is 0 Å². The summed E-state index contributed by atoms with van der Waals surface area (Å²) >= 11 is 1.18. The highest BCUT2D eigenvalue weighted by Crippen LogP contribution is 2.20. The van der Waals surface area contributed by atoms with Gasteiger partial charge in [0.15, 0.2) is 0 Å². The van der Waals surface area contributed by atoms with E-state index in [1.165, 1.54) is 11.5 Å². The van der Waals surface area contributed by atoms with Gasteiger partial charge in [-0.25, -0.2) is 0 Å². The SMILES string of the molecule is COCC1CCCN(C(=O)c2snnc2C)C1. The number of amides is 1. The van der Waals surface area contributed by atoms with Crippen LogP contribution in [0.5, 0.6) is 0 Å². The zero-order chi connectivity index (χ0) is 12.3. The average Bonchev–Trinajstić information content (AvgIpc) is 2.75. The number of hydrogen-bond acceptors (Lipinski definition) is 5. The van der Waals surface area contributed by atoms with Gasteiger partial charge in [0.2, 0.25) is 0 Å². The number of carbonyl (C=O) groups is 1. The molecule has 1 aromatic rings. The van der Waals surface area contributed by atoms with Crippen LogP contribution in [0.2, 0.25) is 0 Å². The Kier molecular flexibility index (Phi) is 4.06. The lowest BCUT2D eigenvalue weighted by Gasteiger charge is -2.32. The molecule has 0 aromatic carbocycles. The molecule has 2 heterocycles. The van der Waals surface area contributed by atoms with Crippen molar-refractivity contribution in [2.75, 3.05) is 26.8 Å². The van der Waals surface area contributed by atoms with Gasteiger partial charge in [0.1, 0.15) is 4.88 Å². The first-order valence-electron chi connectivity index (χ1n) is 5.79. The summed E-state index contributed by atoms with van der Waals surface area (Å²) in [4.78, 5) is 14.8. The summed E-state index contributed by atoms with van der Waals surface area (Å²) in [5.74, 6) is 0.525. The van der Waals surface area contributed by atoms with Crippen LogP contribution in [-0.4, -0.2) is 47.2 Å². The molecule has 1 saturated heterocycles. The van der Waals surface area contributed by atoms with E-state index in [1.54, 1.807) is 7.11 Å². The van der Waals surface area contributed by atoms with Gasteiger partial charge in [-0.3, -0.25) is 4.79 Å². The molecule has 1 aromatic heterocycles. The number of aryl methyl sites for hydroxylation is 1. The van der Waals surface area contributed by atoms with Gasteiger partial charge in [0, 0.05) is 20.2 Å². The first kappa shape index (κ1) is 12.4. The van der Waals surface area contributed by atoms with E-state index in [1.807, 2.05) is 11.8 Å². The van der Waals surface area contributed by atoms with Gasteiger partial charge in [-0.1, -0.05) is 4.49 Å². The fourth-order valence-electron chi connectivity index (χ4n) is 2.19. The van der Waals surface area contributed by atoms with E-state index < -0.39 is 0 Å². The molecule has 1 amide bonds. The van der Waals surface area contributed by atoms with Gasteiger partial charge in [-0.05, 0) is 37.2 Å². The predicted octanol–water partition coefficient (Wildman–Crippen LogP) is 1.35. The van der Waals surface area contributed by atoms with Crippen molar-refractivity contribution in [3.8, 4) is 0 Å². The van der Waals surface area contributed by atoms with E-state index in [0.717, 1.165) is 38.2 Å². The lowest BCUT2D eigenvalue weighted by atomic mass is 9.99. The minimum absolute atomic E-state index is 0.0679. The summed E-state index contributed by atoms with van der Waals surface area (Å²) in [6, 6.07) is 0. The molecule has 0 saturated carbocycles. The molecule has 0 bridgehead atoms. The fraction of sp³-hybridized carbons (Fsp3) is 0.727. The highest BCUT2D eigenvalue weighted by Gasteiger charge is 2.26. The first-order valence-corrected chi connectivity index (χ1v) is 6.57. The minimum atomic E-state index is 0.0679. The molecule has 1 fully saturated rings. The Morgan fingerprint density at radius 3 is 3.12 bits per heavy atom. The van der Waals surface area contributed by atoms with E-state index in [0.29, 0.717) is 10.8 Å². The Hall–Kier alpha value is -1.01. The summed E-state index contributed by atoms with van der Waals surface area (Å²) in [6.45, 7) is 4.16. The lowest BCUT2D eigenvalue weighted by Crippen LogP contribution is -2.41. The number of hydrogen-bond donors (Lipinski definition) is 0. The highest BCUT2D eigenvalue weighted by atomic mass is 32.1. The smallest absolute Gasteiger partial charge is 0.267 e. The van der Waals surface area contributed by atoms with Crippen LogP contribution in [0.1, 0.15) is 28.2 Å². The number of aromatic nitrogens is 2. The van der Waals surface area contributed by atoms with E-state index >= 15 is 0 Å². The van der Waals surface area contributed by atoms with Crippen molar-refractivity contribution in [3.05, 3.63) is 10.6 Å². The number of carbonyl (C=O) groups excluding carboxylic acids is 1. The van der Waals surface area contributed by atoms with Gasteiger partial charge in [-0.15, -0.1) is 5.10 Å². The minimum Gasteiger partial charge on any atom is -0.384 e. The number of rotatable bonds is 3. The number of likely N-dealkylation sites (tertiary alicyclic amines) is 1. The van der Waals surface area contributed by atoms with Crippen LogP contribution in [0.25, 0.3) is 0 Å². The second-order valence-corrected chi connectivity index (χ2v) is 5.16. The zero-order valence-electron chi connectivity index (χ0n) is 10.2. The second-order valence-electron chi connectivity index (χ2n) is 4.40. The van der Waals surface area contributed by atoms with Crippen LogP contribution in [0.15, 0.2) is 0 Å². The molecular weight excluding hydrogens is 238 g/mol. The number of piperidine rings is 1. The second kappa shape index (κ2) is 5.55. The third-order valence-electron chi connectivity index (χ3n) is 3.05. The third-order valence-corrected chi connectivity index (χ3v) is 3.87. The largest absolute Gasteiger partial charge is 0.384 e. The van der Waals surface area contributed by atoms with Crippen LogP contribution in [0.4, 0.5) is 0 Å². The van der Waals surface area contributed by atoms with E-state index in [-0.39, 0.29) is 5.91 Å². The summed E-state index contributed by atoms with van der Waals surface area (Å²) in [5, 5.41) is 3.88. The predicted molar refractivity (Wildman–Crippen MR) is 65.1 cm³/mol. The molecule has 2 rings (SSSR count). The standard InChI is InChI=1S/C11H17N3O2S/c1-8-10(17-13-12-8)11(15)14-5-3-4-9(6-14)7-16-2/h9H,3-7H2,1-2H3. The normalized spacial score (nSPS) is 20.6. The molecule has 1 atom stereocenters. The summed E-state index contributed by atoms with van der Waals surface area (Å²) in [6.07, 6.45) is 2.18. The lowest BCUT2D eigenvalue weighted by molar-refractivity contribution is 0.0574. The van der Waals surface area contributed by atoms with Crippen LogP contribution < -0.4 is 0 Å². The Morgan fingerprint density at radius 1 is 1.65 bits per heavy atom. The molecule has 1 unspecified atom stereocenters. The molecule has 1 aliphatic rings. The summed E-state index contributed by atoms with van der Waals surface area (Å²) < 4.78 is 8.98. The van der Waals surface area contributed by atoms with E-state index in [9.17, 15) is 4.79 Å². The van der Waals surface area contributed by atoms with Crippen LogP contribution in [0, 0.1) is 12.8 Å². The molecular formula is C11H17N3O2S. The van der Waals surface area contributed by atoms with Crippen molar-refractivity contribution in [2.45, 2.75) is 19.8 Å². The topological polar surface area (TPSA) is 55.3 Å². The van der Waals surface area contributed by atoms with E-state index in [4.69, 9.17) is 4.74 Å². The van der Waals surface area contributed by atoms with Gasteiger partial charge in [-0.2, -0.15) is 0 Å². The van der Waals surface area contributed by atoms with Gasteiger partial charge >= 0.3 is 0 Å². The maximum atomic E-state index is 12.2. The molecule has 5 nitrogen and oxygen atoms in total. The Bertz CT molecular complexity index is 392. The highest BCUT2D eigenvalue weighted by molar-refractivity contribution is 7.07. The molecule has 17 heavy (non-hydrogen) atoms. The third kappa shape index (κ3) is 2.81. The Morgan fingerprint density at radius 2 is 2.47 bits per heavy atom. The molecule has 0 spiro atoms. The quantitative estimate of drug-likeness (QED) is 0.818. The number of ether oxygens (including phenoxy) is 1. The molecule has 0 radical (unpaired) electrons. The van der Waals surface area contributed by atoms with Crippen molar-refractivity contribution in [1.29, 1.82) is 0 Å². The fourth-order valence-corrected chi connectivity index (χ4v) is 2.82. The summed E-state index contributed by atoms with van der Waals surface area (Å²) in [7, 11) is 1.71. The maximum absolute atomic E-state index is 12.2. The van der Waals surface area contributed by atoms with Gasteiger partial charge in [0.25, 0.3) is 5.91 Å². The maximum Gasteiger partial charge on any atom is 0.267 e. The first-order chi connectivity index (χ1) is 8.22. The summed E-state index contributed by atoms with van der Waals surface area (Å²) in [5.41, 5.74) is 0.730. The molecule has 0 aliphatic carbocycles. The van der Waals surface area contributed by atoms with Crippen molar-refractivity contribution in [3.63, 3.8) is 0 Å². The van der Waals surface area contributed by atoms with Crippen molar-refractivity contribution < 1.29 is 9.53 Å². The Labute approximate surface area is 105 Å². The number of nitrogens with zero attached hydrogens (tertiary/aromatic N) is 3. The van der Waals surface area contributed by atoms with Crippen molar-refractivity contribution >= 4 is 17.4 Å². The molecule has 6 heteroatoms. The van der Waals surface area contributed by atoms with Crippen LogP contribution >= 0.6 is 11.5 Å². The number of methoxy groups -OCH3 is 1. The molecule has 0 N–H and O–H groups in total. The van der Waals surface area contributed by atoms with E-state index in [2.05, 4.69) is 9.59 Å². The van der Waals surface area contributed by atoms with Gasteiger partial charge < -0.3 is 9.64 Å². The monoisotopic (exact) mass is 255 g/mol. The van der Waals surface area contributed by atoms with Crippen molar-refractivity contribution in [2.24, 2.45) is 5.92 Å². The Balaban J connectivity index is 2.02. The molecule has 1 aliphatic heterocycles. The van der Waals surface area contributed by atoms with Crippen molar-refractivity contribution in [1.82, 2.24) is 14.5 Å².